The molecule has 4 nitrogen and oxygen atoms in total. The van der Waals surface area contributed by atoms with Gasteiger partial charge in [0.25, 0.3) is 0 Å². The number of hydrogen-bond acceptors (Lipinski definition) is 3. The second-order valence-electron chi connectivity index (χ2n) is 5.98. The maximum absolute atomic E-state index is 13.9. The van der Waals surface area contributed by atoms with Crippen LogP contribution in [0.15, 0.2) is 19.8 Å². The summed E-state index contributed by atoms with van der Waals surface area (Å²) in [6.45, 7) is 6.98. The first kappa shape index (κ1) is 16.4. The second-order valence-corrected chi connectivity index (χ2v) is 12.4. The van der Waals surface area contributed by atoms with E-state index in [4.69, 9.17) is 9.15 Å². The van der Waals surface area contributed by atoms with Gasteiger partial charge in [-0.1, -0.05) is 19.6 Å². The van der Waals surface area contributed by atoms with Gasteiger partial charge in [0.05, 0.1) is 4.47 Å². The third kappa shape index (κ3) is 3.61. The largest absolute Gasteiger partial charge is 0.422 e. The molecule has 0 saturated heterocycles. The van der Waals surface area contributed by atoms with E-state index in [1.807, 2.05) is 0 Å². The lowest BCUT2D eigenvalue weighted by Gasteiger charge is -2.15. The molecular weight excluding hydrogens is 364 g/mol. The lowest BCUT2D eigenvalue weighted by atomic mass is 10.3. The topological polar surface area (TPSA) is 44.4 Å². The Bertz CT molecular complexity index is 721. The highest BCUT2D eigenvalue weighted by Gasteiger charge is 2.20. The number of nitrogens with zero attached hydrogens (tertiary/aromatic N) is 1. The average Bonchev–Trinajstić information content (AvgIpc) is 2.68. The van der Waals surface area contributed by atoms with Gasteiger partial charge in [-0.15, -0.1) is 0 Å². The smallest absolute Gasteiger partial charge is 0.406 e. The van der Waals surface area contributed by atoms with Crippen molar-refractivity contribution in [3.63, 3.8) is 0 Å². The van der Waals surface area contributed by atoms with Crippen molar-refractivity contribution in [3.05, 3.63) is 32.7 Å². The van der Waals surface area contributed by atoms with E-state index < -0.39 is 25.5 Å². The first-order valence-corrected chi connectivity index (χ1v) is 11.0. The van der Waals surface area contributed by atoms with Crippen LogP contribution in [0.5, 0.6) is 0 Å². The molecule has 8 heteroatoms. The highest BCUT2D eigenvalue weighted by atomic mass is 79.9. The van der Waals surface area contributed by atoms with Gasteiger partial charge in [-0.3, -0.25) is 0 Å². The van der Waals surface area contributed by atoms with Crippen molar-refractivity contribution in [2.75, 3.05) is 6.61 Å². The van der Waals surface area contributed by atoms with Crippen LogP contribution in [-0.2, 0) is 11.5 Å². The highest BCUT2D eigenvalue weighted by molar-refractivity contribution is 9.10. The van der Waals surface area contributed by atoms with E-state index in [2.05, 4.69) is 35.6 Å². The van der Waals surface area contributed by atoms with Crippen LogP contribution in [-0.4, -0.2) is 19.2 Å². The van der Waals surface area contributed by atoms with Crippen molar-refractivity contribution >= 4 is 35.1 Å². The van der Waals surface area contributed by atoms with E-state index >= 15 is 0 Å². The van der Waals surface area contributed by atoms with E-state index in [0.717, 1.165) is 10.6 Å². The second kappa shape index (κ2) is 6.02. The van der Waals surface area contributed by atoms with E-state index in [9.17, 15) is 13.6 Å². The van der Waals surface area contributed by atoms with Gasteiger partial charge in [-0.25, -0.2) is 18.1 Å². The number of aromatic nitrogens is 1. The summed E-state index contributed by atoms with van der Waals surface area (Å²) in [6, 6.07) is 1.64. The molecule has 0 bridgehead atoms. The number of halogens is 3. The number of rotatable bonds is 5. The molecule has 1 aromatic carbocycles. The van der Waals surface area contributed by atoms with Crippen LogP contribution in [0, 0.1) is 11.6 Å². The molecule has 0 unspecified atom stereocenters. The van der Waals surface area contributed by atoms with Crippen LogP contribution in [0.4, 0.5) is 8.78 Å². The first-order valence-electron chi connectivity index (χ1n) is 6.45. The average molecular weight is 380 g/mol. The Kier molecular flexibility index (Phi) is 4.69. The molecule has 0 atom stereocenters. The molecular formula is C13H16BrF2NO3Si. The Balaban J connectivity index is 2.27. The molecule has 0 N–H and O–H groups in total. The fraction of sp³-hybridized carbons (Fsp3) is 0.462. The van der Waals surface area contributed by atoms with Crippen LogP contribution in [0.2, 0.25) is 25.7 Å². The van der Waals surface area contributed by atoms with Crippen LogP contribution in [0.25, 0.3) is 11.1 Å². The van der Waals surface area contributed by atoms with Gasteiger partial charge < -0.3 is 9.15 Å². The molecule has 0 fully saturated rings. The maximum Gasteiger partial charge on any atom is 0.422 e. The van der Waals surface area contributed by atoms with Gasteiger partial charge in [0.1, 0.15) is 18.1 Å². The van der Waals surface area contributed by atoms with Gasteiger partial charge in [0, 0.05) is 20.7 Å². The lowest BCUT2D eigenvalue weighted by Crippen LogP contribution is -2.23. The molecule has 0 saturated carbocycles. The molecule has 0 aliphatic rings. The highest BCUT2D eigenvalue weighted by Crippen LogP contribution is 2.28. The minimum absolute atomic E-state index is 0.0724. The molecule has 0 spiro atoms. The molecule has 0 aliphatic carbocycles. The van der Waals surface area contributed by atoms with Gasteiger partial charge in [0.15, 0.2) is 11.4 Å². The van der Waals surface area contributed by atoms with Crippen LogP contribution in [0.1, 0.15) is 0 Å². The predicted octanol–water partition coefficient (Wildman–Crippen LogP) is 3.95. The van der Waals surface area contributed by atoms with Crippen LogP contribution in [0.3, 0.4) is 0 Å². The molecule has 0 aliphatic heterocycles. The number of hydrogen-bond donors (Lipinski definition) is 0. The third-order valence-corrected chi connectivity index (χ3v) is 5.44. The van der Waals surface area contributed by atoms with E-state index in [0.29, 0.717) is 12.7 Å². The van der Waals surface area contributed by atoms with Crippen LogP contribution < -0.4 is 5.76 Å². The van der Waals surface area contributed by atoms with E-state index in [1.54, 1.807) is 0 Å². The Labute approximate surface area is 129 Å². The van der Waals surface area contributed by atoms with Crippen molar-refractivity contribution in [3.8, 4) is 0 Å². The number of fused-ring (bicyclic) bond motifs is 1. The molecule has 0 amide bonds. The lowest BCUT2D eigenvalue weighted by molar-refractivity contribution is 0.0847. The van der Waals surface area contributed by atoms with Crippen LogP contribution >= 0.6 is 15.9 Å². The monoisotopic (exact) mass is 379 g/mol. The minimum Gasteiger partial charge on any atom is -0.406 e. The van der Waals surface area contributed by atoms with Crippen molar-refractivity contribution in [2.45, 2.75) is 32.4 Å². The summed E-state index contributed by atoms with van der Waals surface area (Å²) in [5.74, 6) is -2.45. The van der Waals surface area contributed by atoms with Gasteiger partial charge in [-0.05, 0) is 22.0 Å². The molecule has 0 radical (unpaired) electrons. The summed E-state index contributed by atoms with van der Waals surface area (Å²) >= 11 is 2.95. The minimum atomic E-state index is -1.24. The summed E-state index contributed by atoms with van der Waals surface area (Å²) in [7, 11) is -1.24. The first-order chi connectivity index (χ1) is 9.70. The predicted molar refractivity (Wildman–Crippen MR) is 82.2 cm³/mol. The Morgan fingerprint density at radius 1 is 1.33 bits per heavy atom. The van der Waals surface area contributed by atoms with E-state index in [-0.39, 0.29) is 22.3 Å². The summed E-state index contributed by atoms with van der Waals surface area (Å²) in [4.78, 5) is 11.8. The quantitative estimate of drug-likeness (QED) is 0.448. The Morgan fingerprint density at radius 3 is 2.62 bits per heavy atom. The summed E-state index contributed by atoms with van der Waals surface area (Å²) in [5, 5.41) is 0. The van der Waals surface area contributed by atoms with Gasteiger partial charge in [0.2, 0.25) is 0 Å². The standard InChI is InChI=1S/C13H16BrF2NO3Si/c1-21(2,3)5-4-19-7-17-11-9(16)6-8(15)10(14)12(11)20-13(17)18/h6H,4-5,7H2,1-3H3. The maximum atomic E-state index is 13.9. The SMILES string of the molecule is C[Si](C)(C)CCOCn1c(=O)oc2c(Br)c(F)cc(F)c21. The van der Waals surface area contributed by atoms with Gasteiger partial charge >= 0.3 is 5.76 Å². The molecule has 116 valence electrons. The number of ether oxygens (including phenoxy) is 1. The summed E-state index contributed by atoms with van der Waals surface area (Å²) in [5.41, 5.74) is -0.243. The fourth-order valence-electron chi connectivity index (χ4n) is 1.79. The number of oxazole rings is 1. The van der Waals surface area contributed by atoms with Crippen molar-refractivity contribution in [1.29, 1.82) is 0 Å². The van der Waals surface area contributed by atoms with Crippen molar-refractivity contribution in [2.24, 2.45) is 0 Å². The zero-order valence-corrected chi connectivity index (χ0v) is 14.6. The molecule has 2 rings (SSSR count). The van der Waals surface area contributed by atoms with Gasteiger partial charge in [-0.2, -0.15) is 0 Å². The zero-order chi connectivity index (χ0) is 15.8. The number of benzene rings is 1. The summed E-state index contributed by atoms with van der Waals surface area (Å²) < 4.78 is 38.6. The van der Waals surface area contributed by atoms with E-state index in [1.165, 1.54) is 0 Å². The summed E-state index contributed by atoms with van der Waals surface area (Å²) in [6.07, 6.45) is 0. The fourth-order valence-corrected chi connectivity index (χ4v) is 2.93. The molecule has 2 aromatic rings. The molecule has 1 heterocycles. The third-order valence-electron chi connectivity index (χ3n) is 3.00. The Morgan fingerprint density at radius 2 is 2.00 bits per heavy atom. The van der Waals surface area contributed by atoms with Crippen molar-refractivity contribution in [1.82, 2.24) is 4.57 Å². The zero-order valence-electron chi connectivity index (χ0n) is 12.0. The van der Waals surface area contributed by atoms with Crippen molar-refractivity contribution < 1.29 is 17.9 Å². The Hall–Kier alpha value is -0.993. The molecule has 1 aromatic heterocycles. The molecule has 21 heavy (non-hydrogen) atoms. The normalized spacial score (nSPS) is 12.3.